The minimum absolute atomic E-state index is 0.103. The number of benzene rings is 2. The van der Waals surface area contributed by atoms with Crippen LogP contribution in [0.5, 0.6) is 11.5 Å². The molecule has 2 aromatic rings. The third kappa shape index (κ3) is 3.26. The normalized spacial score (nSPS) is 11.9. The Morgan fingerprint density at radius 2 is 1.78 bits per heavy atom. The van der Waals surface area contributed by atoms with Crippen LogP contribution in [0.4, 0.5) is 16.2 Å². The summed E-state index contributed by atoms with van der Waals surface area (Å²) in [5.41, 5.74) is 2.46. The molecule has 2 N–H and O–H groups in total. The topological polar surface area (TPSA) is 76.7 Å². The van der Waals surface area contributed by atoms with Crippen LogP contribution in [0.2, 0.25) is 0 Å². The van der Waals surface area contributed by atoms with E-state index in [4.69, 9.17) is 9.47 Å². The van der Waals surface area contributed by atoms with Gasteiger partial charge in [0.05, 0.1) is 5.69 Å². The monoisotopic (exact) mass is 312 g/mol. The number of fused-ring (bicyclic) bond motifs is 1. The first-order valence-electron chi connectivity index (χ1n) is 7.12. The Bertz CT molecular complexity index is 786. The largest absolute Gasteiger partial charge is 0.454 e. The quantitative estimate of drug-likeness (QED) is 0.849. The van der Waals surface area contributed by atoms with Gasteiger partial charge in [0.1, 0.15) is 0 Å². The van der Waals surface area contributed by atoms with Crippen molar-refractivity contribution in [2.45, 2.75) is 13.8 Å². The molecule has 0 radical (unpaired) electrons. The van der Waals surface area contributed by atoms with E-state index in [0.29, 0.717) is 28.4 Å². The zero-order valence-corrected chi connectivity index (χ0v) is 12.8. The minimum Gasteiger partial charge on any atom is -0.454 e. The second-order valence-electron chi connectivity index (χ2n) is 5.26. The van der Waals surface area contributed by atoms with Gasteiger partial charge in [0.15, 0.2) is 17.3 Å². The first-order valence-corrected chi connectivity index (χ1v) is 7.12. The molecule has 0 aliphatic carbocycles. The van der Waals surface area contributed by atoms with E-state index < -0.39 is 6.03 Å². The number of ether oxygens (including phenoxy) is 2. The van der Waals surface area contributed by atoms with E-state index >= 15 is 0 Å². The summed E-state index contributed by atoms with van der Waals surface area (Å²) in [5.74, 6) is 0.829. The smallest absolute Gasteiger partial charge is 0.323 e. The average Bonchev–Trinajstić information content (AvgIpc) is 2.93. The average molecular weight is 312 g/mol. The highest BCUT2D eigenvalue weighted by Gasteiger charge is 2.20. The number of hydrogen-bond acceptors (Lipinski definition) is 4. The Hall–Kier alpha value is -3.02. The standard InChI is InChI=1S/C17H16N2O4/c1-10-4-3-5-12(6-10)18-17(21)19-14-8-16-15(22-9-23-16)7-13(14)11(2)20/h3-8H,9H2,1-2H3,(H2,18,19,21). The predicted octanol–water partition coefficient (Wildman–Crippen LogP) is 3.57. The lowest BCUT2D eigenvalue weighted by molar-refractivity contribution is 0.101. The fraction of sp³-hybridized carbons (Fsp3) is 0.176. The van der Waals surface area contributed by atoms with Crippen LogP contribution in [-0.2, 0) is 0 Å². The third-order valence-electron chi connectivity index (χ3n) is 3.42. The summed E-state index contributed by atoms with van der Waals surface area (Å²) in [4.78, 5) is 23.9. The van der Waals surface area contributed by atoms with Crippen LogP contribution in [-0.4, -0.2) is 18.6 Å². The Morgan fingerprint density at radius 1 is 1.04 bits per heavy atom. The summed E-state index contributed by atoms with van der Waals surface area (Å²) in [6, 6.07) is 10.2. The molecule has 2 aromatic carbocycles. The van der Waals surface area contributed by atoms with Crippen LogP contribution in [0.15, 0.2) is 36.4 Å². The lowest BCUT2D eigenvalue weighted by Gasteiger charge is -2.12. The van der Waals surface area contributed by atoms with Gasteiger partial charge >= 0.3 is 6.03 Å². The van der Waals surface area contributed by atoms with Crippen molar-refractivity contribution in [3.63, 3.8) is 0 Å². The number of hydrogen-bond donors (Lipinski definition) is 2. The van der Waals surface area contributed by atoms with E-state index in [-0.39, 0.29) is 12.6 Å². The van der Waals surface area contributed by atoms with Crippen molar-refractivity contribution in [1.82, 2.24) is 0 Å². The number of rotatable bonds is 3. The molecular formula is C17H16N2O4. The van der Waals surface area contributed by atoms with Gasteiger partial charge in [0.25, 0.3) is 0 Å². The molecule has 1 aliphatic heterocycles. The number of carbonyl (C=O) groups excluding carboxylic acids is 2. The summed E-state index contributed by atoms with van der Waals surface area (Å²) in [6.07, 6.45) is 0. The summed E-state index contributed by atoms with van der Waals surface area (Å²) in [6.45, 7) is 3.47. The lowest BCUT2D eigenvalue weighted by atomic mass is 10.1. The van der Waals surface area contributed by atoms with Crippen molar-refractivity contribution < 1.29 is 19.1 Å². The zero-order valence-electron chi connectivity index (χ0n) is 12.8. The second kappa shape index (κ2) is 6.00. The molecule has 1 heterocycles. The van der Waals surface area contributed by atoms with Gasteiger partial charge in [-0.05, 0) is 37.6 Å². The molecule has 0 fully saturated rings. The van der Waals surface area contributed by atoms with E-state index in [1.807, 2.05) is 25.1 Å². The summed E-state index contributed by atoms with van der Waals surface area (Å²) in [5, 5.41) is 5.41. The summed E-state index contributed by atoms with van der Waals surface area (Å²) >= 11 is 0. The number of amides is 2. The predicted molar refractivity (Wildman–Crippen MR) is 86.4 cm³/mol. The van der Waals surface area contributed by atoms with Gasteiger partial charge < -0.3 is 20.1 Å². The van der Waals surface area contributed by atoms with E-state index in [0.717, 1.165) is 5.56 Å². The minimum atomic E-state index is -0.433. The van der Waals surface area contributed by atoms with Crippen LogP contribution in [0.3, 0.4) is 0 Å². The number of anilines is 2. The van der Waals surface area contributed by atoms with Crippen molar-refractivity contribution in [3.8, 4) is 11.5 Å². The molecule has 0 bridgehead atoms. The Kier molecular flexibility index (Phi) is 3.89. The van der Waals surface area contributed by atoms with Crippen LogP contribution >= 0.6 is 0 Å². The van der Waals surface area contributed by atoms with E-state index in [9.17, 15) is 9.59 Å². The molecule has 0 aromatic heterocycles. The maximum Gasteiger partial charge on any atom is 0.323 e. The van der Waals surface area contributed by atoms with Gasteiger partial charge in [-0.1, -0.05) is 12.1 Å². The molecule has 0 saturated carbocycles. The fourth-order valence-electron chi connectivity index (χ4n) is 2.34. The Labute approximate surface area is 133 Å². The van der Waals surface area contributed by atoms with Gasteiger partial charge in [-0.15, -0.1) is 0 Å². The molecule has 0 unspecified atom stereocenters. The third-order valence-corrected chi connectivity index (χ3v) is 3.42. The molecule has 0 atom stereocenters. The van der Waals surface area contributed by atoms with Crippen molar-refractivity contribution in [2.75, 3.05) is 17.4 Å². The van der Waals surface area contributed by atoms with Crippen molar-refractivity contribution in [2.24, 2.45) is 0 Å². The number of Topliss-reactive ketones (excluding diaryl/α,β-unsaturated/α-hetero) is 1. The molecule has 0 saturated heterocycles. The molecule has 118 valence electrons. The Morgan fingerprint density at radius 3 is 2.48 bits per heavy atom. The number of aryl methyl sites for hydroxylation is 1. The lowest BCUT2D eigenvalue weighted by Crippen LogP contribution is -2.20. The van der Waals surface area contributed by atoms with Crippen LogP contribution in [0, 0.1) is 6.92 Å². The molecule has 6 heteroatoms. The second-order valence-corrected chi connectivity index (χ2v) is 5.26. The number of nitrogens with one attached hydrogen (secondary N) is 2. The number of ketones is 1. The van der Waals surface area contributed by atoms with E-state index in [1.165, 1.54) is 6.92 Å². The molecule has 23 heavy (non-hydrogen) atoms. The number of urea groups is 1. The van der Waals surface area contributed by atoms with Crippen LogP contribution < -0.4 is 20.1 Å². The van der Waals surface area contributed by atoms with Crippen molar-refractivity contribution >= 4 is 23.2 Å². The first kappa shape index (κ1) is 14.9. The van der Waals surface area contributed by atoms with Gasteiger partial charge in [-0.2, -0.15) is 0 Å². The molecule has 1 aliphatic rings. The molecule has 0 spiro atoms. The fourth-order valence-corrected chi connectivity index (χ4v) is 2.34. The molecule has 2 amide bonds. The maximum absolute atomic E-state index is 12.2. The first-order chi connectivity index (χ1) is 11.0. The maximum atomic E-state index is 12.2. The molecule has 6 nitrogen and oxygen atoms in total. The van der Waals surface area contributed by atoms with E-state index in [1.54, 1.807) is 18.2 Å². The molecule has 3 rings (SSSR count). The van der Waals surface area contributed by atoms with Crippen LogP contribution in [0.25, 0.3) is 0 Å². The van der Waals surface area contributed by atoms with Crippen molar-refractivity contribution in [1.29, 1.82) is 0 Å². The van der Waals surface area contributed by atoms with Crippen LogP contribution in [0.1, 0.15) is 22.8 Å². The highest BCUT2D eigenvalue weighted by Crippen LogP contribution is 2.37. The van der Waals surface area contributed by atoms with Crippen molar-refractivity contribution in [3.05, 3.63) is 47.5 Å². The molecular weight excluding hydrogens is 296 g/mol. The van der Waals surface area contributed by atoms with Gasteiger partial charge in [0, 0.05) is 17.3 Å². The van der Waals surface area contributed by atoms with Gasteiger partial charge in [0.2, 0.25) is 6.79 Å². The summed E-state index contributed by atoms with van der Waals surface area (Å²) in [7, 11) is 0. The number of carbonyl (C=O) groups is 2. The Balaban J connectivity index is 1.81. The van der Waals surface area contributed by atoms with E-state index in [2.05, 4.69) is 10.6 Å². The highest BCUT2D eigenvalue weighted by atomic mass is 16.7. The highest BCUT2D eigenvalue weighted by molar-refractivity contribution is 6.07. The van der Waals surface area contributed by atoms with Gasteiger partial charge in [-0.25, -0.2) is 4.79 Å². The van der Waals surface area contributed by atoms with Gasteiger partial charge in [-0.3, -0.25) is 4.79 Å². The SMILES string of the molecule is CC(=O)c1cc2c(cc1NC(=O)Nc1cccc(C)c1)OCO2. The zero-order chi connectivity index (χ0) is 16.4. The summed E-state index contributed by atoms with van der Waals surface area (Å²) < 4.78 is 10.5.